The molecule has 19 nitrogen and oxygen atoms in total. The summed E-state index contributed by atoms with van der Waals surface area (Å²) in [5.41, 5.74) is 41.5. The molecule has 0 bridgehead atoms. The zero-order valence-electron chi connectivity index (χ0n) is 60.8. The molecule has 4 saturated heterocycles. The van der Waals surface area contributed by atoms with Crippen LogP contribution in [-0.2, 0) is 13.1 Å². The van der Waals surface area contributed by atoms with Crippen LogP contribution in [0.2, 0.25) is 0 Å². The summed E-state index contributed by atoms with van der Waals surface area (Å²) in [7, 11) is 0. The quantitative estimate of drug-likeness (QED) is 0.0321. The van der Waals surface area contributed by atoms with Crippen LogP contribution in [0, 0.1) is 11.7 Å². The van der Waals surface area contributed by atoms with E-state index in [4.69, 9.17) is 22.9 Å². The van der Waals surface area contributed by atoms with Gasteiger partial charge in [0, 0.05) is 126 Å². The van der Waals surface area contributed by atoms with Crippen molar-refractivity contribution in [2.75, 3.05) is 110 Å². The van der Waals surface area contributed by atoms with Crippen LogP contribution in [0.5, 0.6) is 0 Å². The minimum absolute atomic E-state index is 0.164. The van der Waals surface area contributed by atoms with Crippen LogP contribution in [0.25, 0.3) is 24.3 Å². The summed E-state index contributed by atoms with van der Waals surface area (Å²) in [6, 6.07) is 64.0. The fourth-order valence-corrected chi connectivity index (χ4v) is 12.8. The van der Waals surface area contributed by atoms with E-state index in [2.05, 4.69) is 87.3 Å². The van der Waals surface area contributed by atoms with Gasteiger partial charge in [-0.25, -0.2) is 4.39 Å². The molecular formula is C88H91FN14O5. The number of nitrogen functional groups attached to an aromatic ring is 4. The van der Waals surface area contributed by atoms with Gasteiger partial charge in [-0.15, -0.1) is 0 Å². The molecule has 0 unspecified atom stereocenters. The number of nitrogens with one attached hydrogen (secondary N) is 4. The normalized spacial score (nSPS) is 14.7. The van der Waals surface area contributed by atoms with Gasteiger partial charge in [0.25, 0.3) is 23.6 Å². The lowest BCUT2D eigenvalue weighted by Gasteiger charge is -2.37. The van der Waals surface area contributed by atoms with E-state index in [1.807, 2.05) is 160 Å². The summed E-state index contributed by atoms with van der Waals surface area (Å²) in [5.74, 6) is -0.260. The highest BCUT2D eigenvalue weighted by Gasteiger charge is 2.30. The number of hydrogen-bond donors (Lipinski definition) is 9. The average Bonchev–Trinajstić information content (AvgIpc) is 1.51. The van der Waals surface area contributed by atoms with E-state index in [-0.39, 0.29) is 29.3 Å². The minimum atomic E-state index is -0.664. The molecule has 15 rings (SSSR count). The summed E-state index contributed by atoms with van der Waals surface area (Å²) >= 11 is 0. The predicted molar refractivity (Wildman–Crippen MR) is 434 cm³/mol. The highest BCUT2D eigenvalue weighted by molar-refractivity contribution is 6.08. The van der Waals surface area contributed by atoms with Crippen molar-refractivity contribution in [3.8, 4) is 0 Å². The predicted octanol–water partition coefficient (Wildman–Crippen LogP) is 14.4. The first-order chi connectivity index (χ1) is 52.2. The Bertz CT molecular complexity index is 4710. The average molecular weight is 1440 g/mol. The van der Waals surface area contributed by atoms with Crippen molar-refractivity contribution in [2.24, 2.45) is 5.92 Å². The molecule has 2 aromatic heterocycles. The number of rotatable bonds is 20. The number of para-hydroxylation sites is 6. The summed E-state index contributed by atoms with van der Waals surface area (Å²) in [4.78, 5) is 67.2. The molecule has 0 atom stereocenters. The maximum atomic E-state index is 13.1. The molecule has 1 aliphatic carbocycles. The van der Waals surface area contributed by atoms with Crippen LogP contribution in [0.15, 0.2) is 259 Å². The lowest BCUT2D eigenvalue weighted by atomic mass is 10.0. The maximum Gasteiger partial charge on any atom is 0.255 e. The van der Waals surface area contributed by atoms with Gasteiger partial charge in [0.15, 0.2) is 0 Å². The number of pyridine rings is 2. The Labute approximate surface area is 630 Å². The van der Waals surface area contributed by atoms with E-state index in [0.717, 1.165) is 93.6 Å². The summed E-state index contributed by atoms with van der Waals surface area (Å²) in [6.07, 6.45) is 18.9. The van der Waals surface area contributed by atoms with E-state index in [1.165, 1.54) is 71.0 Å². The van der Waals surface area contributed by atoms with Crippen LogP contribution in [0.1, 0.15) is 102 Å². The Morgan fingerprint density at radius 1 is 0.417 bits per heavy atom. The number of carbonyl (C=O) groups excluding carboxylic acids is 4. The van der Waals surface area contributed by atoms with Crippen molar-refractivity contribution in [3.05, 3.63) is 321 Å². The molecule has 8 aromatic carbocycles. The van der Waals surface area contributed by atoms with E-state index >= 15 is 0 Å². The number of carbonyl (C=O) groups is 4. The first-order valence-corrected chi connectivity index (χ1v) is 36.1. The highest BCUT2D eigenvalue weighted by atomic mass is 19.1. The van der Waals surface area contributed by atoms with Gasteiger partial charge in [-0.1, -0.05) is 121 Å². The van der Waals surface area contributed by atoms with Crippen molar-refractivity contribution in [2.45, 2.75) is 45.4 Å². The van der Waals surface area contributed by atoms with Gasteiger partial charge in [-0.05, 0) is 204 Å². The number of aliphatic hydroxyl groups is 1. The van der Waals surface area contributed by atoms with Gasteiger partial charge in [-0.3, -0.25) is 48.7 Å². The van der Waals surface area contributed by atoms with Crippen molar-refractivity contribution in [1.82, 2.24) is 29.6 Å². The van der Waals surface area contributed by atoms with Crippen molar-refractivity contribution >= 4 is 93.4 Å². The summed E-state index contributed by atoms with van der Waals surface area (Å²) in [5, 5.41) is 21.1. The fourth-order valence-electron chi connectivity index (χ4n) is 12.8. The number of β-amino-alcohol motifs (C(OH)–C–C–N with tert-alkyl or cyclic N) is 1. The lowest BCUT2D eigenvalue weighted by Crippen LogP contribution is -2.47. The van der Waals surface area contributed by atoms with E-state index in [1.54, 1.807) is 60.9 Å². The van der Waals surface area contributed by atoms with Crippen LogP contribution in [-0.4, -0.2) is 129 Å². The Morgan fingerprint density at radius 3 is 1.03 bits per heavy atom. The third-order valence-corrected chi connectivity index (χ3v) is 18.6. The maximum absolute atomic E-state index is 13.1. The first kappa shape index (κ1) is 75.5. The molecular weight excluding hydrogens is 1350 g/mol. The number of aromatic nitrogens is 2. The van der Waals surface area contributed by atoms with Crippen LogP contribution in [0.4, 0.5) is 49.9 Å². The number of nitrogens with zero attached hydrogens (tertiary/aromatic N) is 6. The summed E-state index contributed by atoms with van der Waals surface area (Å²) < 4.78 is 13.1. The molecule has 550 valence electrons. The van der Waals surface area contributed by atoms with Gasteiger partial charge in [0.2, 0.25) is 0 Å². The topological polar surface area (TPSA) is 279 Å². The van der Waals surface area contributed by atoms with Gasteiger partial charge in [-0.2, -0.15) is 0 Å². The van der Waals surface area contributed by atoms with Crippen molar-refractivity contribution in [3.63, 3.8) is 0 Å². The molecule has 13 N–H and O–H groups in total. The molecule has 108 heavy (non-hydrogen) atoms. The molecule has 6 heterocycles. The Morgan fingerprint density at radius 2 is 0.731 bits per heavy atom. The second-order valence-corrected chi connectivity index (χ2v) is 28.6. The third kappa shape index (κ3) is 22.4. The van der Waals surface area contributed by atoms with E-state index in [0.29, 0.717) is 68.6 Å². The molecule has 0 spiro atoms. The second kappa shape index (κ2) is 35.7. The van der Waals surface area contributed by atoms with E-state index in [9.17, 15) is 28.7 Å². The first-order valence-electron chi connectivity index (χ1n) is 36.1. The molecule has 5 fully saturated rings. The number of anilines is 8. The third-order valence-electron chi connectivity index (χ3n) is 18.6. The zero-order chi connectivity index (χ0) is 75.5. The zero-order valence-corrected chi connectivity index (χ0v) is 60.8. The van der Waals surface area contributed by atoms with Crippen molar-refractivity contribution < 1.29 is 28.7 Å². The molecule has 10 aromatic rings. The van der Waals surface area contributed by atoms with Gasteiger partial charge in [0.05, 0.1) is 51.1 Å². The highest BCUT2D eigenvalue weighted by Crippen LogP contribution is 2.33. The standard InChI is InChI=1S/2C23H22N4O.C21H22FN3O.C21H25N3O2/c2*24-21-5-1-2-6-22(21)26-23(28)20-9-7-17(8-10-20)12-19-15-27(16-19)14-18-4-3-11-25-13-18;22-18-7-8-20(19(23)10-18)24-21(26)17-5-3-14(4-6-17)9-16-12-25(13-16)11-15-1-2-15;1-21(2,26)14-24-12-16(13-24)11-15-7-9-17(10-8-15)20(25)23-19-6-4-3-5-18(19)22/h2*1-13H,14-16,24H2,(H,26,28);3-10,15H,1-2,11-13,23H2,(H,24,26);3-11,26H,12-14,22H2,1-2H3,(H,23,25). The number of nitrogens with two attached hydrogens (primary N) is 4. The van der Waals surface area contributed by atoms with Gasteiger partial charge < -0.3 is 49.3 Å². The Balaban J connectivity index is 0.000000135. The van der Waals surface area contributed by atoms with Gasteiger partial charge >= 0.3 is 0 Å². The smallest absolute Gasteiger partial charge is 0.255 e. The van der Waals surface area contributed by atoms with Crippen molar-refractivity contribution in [1.29, 1.82) is 0 Å². The molecule has 5 aliphatic rings. The number of likely N-dealkylation sites (tertiary alicyclic amines) is 4. The van der Waals surface area contributed by atoms with Crippen LogP contribution < -0.4 is 44.2 Å². The molecule has 20 heteroatoms. The number of hydrogen-bond acceptors (Lipinski definition) is 15. The minimum Gasteiger partial charge on any atom is -0.397 e. The molecule has 4 amide bonds. The lowest BCUT2D eigenvalue weighted by molar-refractivity contribution is 0.0305. The Hall–Kier alpha value is -12.2. The monoisotopic (exact) mass is 1440 g/mol. The molecule has 0 radical (unpaired) electrons. The van der Waals surface area contributed by atoms with Gasteiger partial charge in [0.1, 0.15) is 5.82 Å². The second-order valence-electron chi connectivity index (χ2n) is 28.6. The molecule has 1 saturated carbocycles. The fraction of sp³-hybridized carbons (Fsp3) is 0.205. The SMILES string of the molecule is CC(C)(O)CN1CC(=Cc2ccc(C(=O)Nc3ccccc3N)cc2)C1.Nc1cc(F)ccc1NC(=O)c1ccc(C=C2CN(CC3CC3)C2)cc1.Nc1ccccc1NC(=O)c1ccc(C=C2CN(Cc3cccnc3)C2)cc1.Nc1ccccc1NC(=O)c1ccc(C=C2CN(Cc3cccnc3)C2)cc1. The number of halogens is 1. The van der Waals surface area contributed by atoms with Crippen LogP contribution >= 0.6 is 0 Å². The summed E-state index contributed by atoms with van der Waals surface area (Å²) in [6.45, 7) is 15.1. The number of amides is 4. The molecule has 4 aliphatic heterocycles. The van der Waals surface area contributed by atoms with Crippen LogP contribution in [0.3, 0.4) is 0 Å². The number of benzene rings is 8. The Kier molecular flexibility index (Phi) is 25.0. The van der Waals surface area contributed by atoms with E-state index < -0.39 is 11.4 Å². The largest absolute Gasteiger partial charge is 0.397 e.